The Hall–Kier alpha value is -1.79. The van der Waals surface area contributed by atoms with Gasteiger partial charge in [0.1, 0.15) is 5.75 Å². The molecule has 1 saturated carbocycles. The second kappa shape index (κ2) is 9.95. The number of para-hydroxylation sites is 1. The van der Waals surface area contributed by atoms with Crippen LogP contribution in [0.1, 0.15) is 44.6 Å². The SMILES string of the molecule is CCNC(=NCc1ccccc1OC1CCC1)NCC1(CCO)CCOC1. The summed E-state index contributed by atoms with van der Waals surface area (Å²) < 4.78 is 11.7. The Labute approximate surface area is 162 Å². The van der Waals surface area contributed by atoms with Crippen LogP contribution in [0.4, 0.5) is 0 Å². The average molecular weight is 376 g/mol. The number of aliphatic imine (C=N–C) groups is 1. The molecule has 1 aliphatic heterocycles. The number of benzene rings is 1. The van der Waals surface area contributed by atoms with Crippen LogP contribution < -0.4 is 15.4 Å². The van der Waals surface area contributed by atoms with Gasteiger partial charge in [-0.15, -0.1) is 0 Å². The van der Waals surface area contributed by atoms with Crippen molar-refractivity contribution in [1.82, 2.24) is 10.6 Å². The van der Waals surface area contributed by atoms with E-state index in [1.165, 1.54) is 6.42 Å². The Morgan fingerprint density at radius 3 is 2.85 bits per heavy atom. The van der Waals surface area contributed by atoms with E-state index in [4.69, 9.17) is 14.5 Å². The molecule has 1 atom stereocenters. The van der Waals surface area contributed by atoms with Crippen molar-refractivity contribution >= 4 is 5.96 Å². The van der Waals surface area contributed by atoms with Crippen molar-refractivity contribution in [2.24, 2.45) is 10.4 Å². The molecule has 0 aromatic heterocycles. The Balaban J connectivity index is 1.61. The van der Waals surface area contributed by atoms with Gasteiger partial charge in [0.2, 0.25) is 0 Å². The largest absolute Gasteiger partial charge is 0.490 e. The predicted octanol–water partition coefficient (Wildman–Crippen LogP) is 2.46. The summed E-state index contributed by atoms with van der Waals surface area (Å²) in [5.74, 6) is 1.74. The summed E-state index contributed by atoms with van der Waals surface area (Å²) in [6.07, 6.45) is 5.64. The third kappa shape index (κ3) is 5.59. The first-order chi connectivity index (χ1) is 13.2. The Morgan fingerprint density at radius 1 is 1.33 bits per heavy atom. The number of nitrogens with zero attached hydrogens (tertiary/aromatic N) is 1. The van der Waals surface area contributed by atoms with E-state index in [-0.39, 0.29) is 12.0 Å². The van der Waals surface area contributed by atoms with Crippen LogP contribution in [-0.2, 0) is 11.3 Å². The van der Waals surface area contributed by atoms with Crippen molar-refractivity contribution in [3.8, 4) is 5.75 Å². The third-order valence-electron chi connectivity index (χ3n) is 5.53. The lowest BCUT2D eigenvalue weighted by Gasteiger charge is -2.28. The van der Waals surface area contributed by atoms with E-state index < -0.39 is 0 Å². The molecule has 1 aromatic carbocycles. The van der Waals surface area contributed by atoms with Crippen LogP contribution in [-0.4, -0.2) is 50.1 Å². The second-order valence-corrected chi connectivity index (χ2v) is 7.60. The lowest BCUT2D eigenvalue weighted by Crippen LogP contribution is -2.44. The average Bonchev–Trinajstić information content (AvgIpc) is 3.10. The van der Waals surface area contributed by atoms with E-state index in [0.29, 0.717) is 19.3 Å². The fourth-order valence-electron chi connectivity index (χ4n) is 3.51. The van der Waals surface area contributed by atoms with Gasteiger partial charge in [0.05, 0.1) is 19.3 Å². The van der Waals surface area contributed by atoms with Gasteiger partial charge in [-0.1, -0.05) is 18.2 Å². The molecular formula is C21H33N3O3. The maximum Gasteiger partial charge on any atom is 0.191 e. The zero-order valence-corrected chi connectivity index (χ0v) is 16.4. The highest BCUT2D eigenvalue weighted by atomic mass is 16.5. The van der Waals surface area contributed by atoms with Crippen molar-refractivity contribution in [1.29, 1.82) is 0 Å². The Kier molecular flexibility index (Phi) is 7.35. The van der Waals surface area contributed by atoms with Crippen LogP contribution in [0.3, 0.4) is 0 Å². The summed E-state index contributed by atoms with van der Waals surface area (Å²) >= 11 is 0. The number of ether oxygens (including phenoxy) is 2. The van der Waals surface area contributed by atoms with E-state index in [1.807, 2.05) is 18.2 Å². The second-order valence-electron chi connectivity index (χ2n) is 7.60. The molecule has 150 valence electrons. The molecule has 1 aromatic rings. The Morgan fingerprint density at radius 2 is 2.19 bits per heavy atom. The zero-order chi connectivity index (χ0) is 19.0. The standard InChI is InChI=1S/C21H33N3O3/c1-2-22-20(24-15-21(10-12-25)11-13-26-16-21)23-14-17-6-3-4-9-19(17)27-18-7-5-8-18/h3-4,6,9,18,25H,2,5,7-8,10-16H2,1H3,(H2,22,23,24). The van der Waals surface area contributed by atoms with Crippen molar-refractivity contribution in [2.45, 2.75) is 51.7 Å². The molecule has 1 heterocycles. The van der Waals surface area contributed by atoms with Gasteiger partial charge in [0, 0.05) is 37.3 Å². The van der Waals surface area contributed by atoms with Crippen LogP contribution in [0.25, 0.3) is 0 Å². The monoisotopic (exact) mass is 375 g/mol. The summed E-state index contributed by atoms with van der Waals surface area (Å²) in [5.41, 5.74) is 1.10. The number of rotatable bonds is 9. The maximum absolute atomic E-state index is 9.40. The van der Waals surface area contributed by atoms with E-state index >= 15 is 0 Å². The highest BCUT2D eigenvalue weighted by Gasteiger charge is 2.34. The molecule has 3 rings (SSSR count). The highest BCUT2D eigenvalue weighted by Crippen LogP contribution is 2.31. The summed E-state index contributed by atoms with van der Waals surface area (Å²) in [6.45, 7) is 5.83. The minimum Gasteiger partial charge on any atom is -0.490 e. The van der Waals surface area contributed by atoms with Crippen molar-refractivity contribution in [3.05, 3.63) is 29.8 Å². The minimum absolute atomic E-state index is 0.00379. The third-order valence-corrected chi connectivity index (χ3v) is 5.53. The first-order valence-corrected chi connectivity index (χ1v) is 10.2. The van der Waals surface area contributed by atoms with Gasteiger partial charge in [0.25, 0.3) is 0 Å². The van der Waals surface area contributed by atoms with Gasteiger partial charge in [-0.25, -0.2) is 4.99 Å². The molecule has 0 amide bonds. The molecule has 0 radical (unpaired) electrons. The fourth-order valence-corrected chi connectivity index (χ4v) is 3.51. The van der Waals surface area contributed by atoms with Gasteiger partial charge in [0.15, 0.2) is 5.96 Å². The van der Waals surface area contributed by atoms with Crippen molar-refractivity contribution < 1.29 is 14.6 Å². The quantitative estimate of drug-likeness (QED) is 0.457. The van der Waals surface area contributed by atoms with E-state index in [9.17, 15) is 5.11 Å². The number of guanidine groups is 1. The molecule has 3 N–H and O–H groups in total. The Bertz CT molecular complexity index is 610. The molecule has 0 bridgehead atoms. The molecule has 6 heteroatoms. The number of aliphatic hydroxyl groups excluding tert-OH is 1. The molecule has 1 saturated heterocycles. The maximum atomic E-state index is 9.40. The predicted molar refractivity (Wildman–Crippen MR) is 107 cm³/mol. The molecule has 2 aliphatic rings. The molecule has 2 fully saturated rings. The minimum atomic E-state index is -0.00379. The molecule has 1 unspecified atom stereocenters. The van der Waals surface area contributed by atoms with Gasteiger partial charge in [-0.3, -0.25) is 0 Å². The van der Waals surface area contributed by atoms with Gasteiger partial charge < -0.3 is 25.2 Å². The van der Waals surface area contributed by atoms with E-state index in [2.05, 4.69) is 23.6 Å². The van der Waals surface area contributed by atoms with Crippen molar-refractivity contribution in [2.75, 3.05) is 32.9 Å². The van der Waals surface area contributed by atoms with Crippen molar-refractivity contribution in [3.63, 3.8) is 0 Å². The smallest absolute Gasteiger partial charge is 0.191 e. The lowest BCUT2D eigenvalue weighted by molar-refractivity contribution is 0.119. The molecular weight excluding hydrogens is 342 g/mol. The zero-order valence-electron chi connectivity index (χ0n) is 16.4. The molecule has 27 heavy (non-hydrogen) atoms. The summed E-state index contributed by atoms with van der Waals surface area (Å²) in [5, 5.41) is 16.2. The number of hydrogen-bond acceptors (Lipinski definition) is 4. The van der Waals surface area contributed by atoms with Crippen LogP contribution in [0, 0.1) is 5.41 Å². The van der Waals surface area contributed by atoms with E-state index in [1.54, 1.807) is 0 Å². The molecule has 0 spiro atoms. The van der Waals surface area contributed by atoms with Gasteiger partial charge in [-0.05, 0) is 45.1 Å². The first kappa shape index (κ1) is 20.0. The summed E-state index contributed by atoms with van der Waals surface area (Å²) in [6, 6.07) is 8.17. The van der Waals surface area contributed by atoms with Crippen LogP contribution in [0.15, 0.2) is 29.3 Å². The highest BCUT2D eigenvalue weighted by molar-refractivity contribution is 5.79. The first-order valence-electron chi connectivity index (χ1n) is 10.2. The number of aliphatic hydroxyl groups is 1. The molecule has 6 nitrogen and oxygen atoms in total. The molecule has 1 aliphatic carbocycles. The van der Waals surface area contributed by atoms with E-state index in [0.717, 1.165) is 62.7 Å². The lowest BCUT2D eigenvalue weighted by atomic mass is 9.84. The van der Waals surface area contributed by atoms with Crippen LogP contribution in [0.5, 0.6) is 5.75 Å². The van der Waals surface area contributed by atoms with Crippen LogP contribution in [0.2, 0.25) is 0 Å². The number of nitrogens with one attached hydrogen (secondary N) is 2. The van der Waals surface area contributed by atoms with Gasteiger partial charge >= 0.3 is 0 Å². The fraction of sp³-hybridized carbons (Fsp3) is 0.667. The van der Waals surface area contributed by atoms with Gasteiger partial charge in [-0.2, -0.15) is 0 Å². The summed E-state index contributed by atoms with van der Waals surface area (Å²) in [7, 11) is 0. The topological polar surface area (TPSA) is 75.1 Å². The van der Waals surface area contributed by atoms with Crippen LogP contribution >= 0.6 is 0 Å². The summed E-state index contributed by atoms with van der Waals surface area (Å²) in [4.78, 5) is 4.76. The number of hydrogen-bond donors (Lipinski definition) is 3. The normalized spacial score (nSPS) is 23.1.